The lowest BCUT2D eigenvalue weighted by Gasteiger charge is -2.12. The van der Waals surface area contributed by atoms with E-state index in [1.807, 2.05) is 0 Å². The molecule has 0 heterocycles. The molecule has 3 heteroatoms. The molecule has 1 atom stereocenters. The molecule has 0 aromatic heterocycles. The lowest BCUT2D eigenvalue weighted by atomic mass is 10.2. The van der Waals surface area contributed by atoms with Gasteiger partial charge in [0.15, 0.2) is 0 Å². The molecule has 3 nitrogen and oxygen atoms in total. The van der Waals surface area contributed by atoms with Crippen molar-refractivity contribution in [3.63, 3.8) is 0 Å². The number of hydrogen-bond acceptors (Lipinski definition) is 2. The van der Waals surface area contributed by atoms with E-state index in [-0.39, 0.29) is 11.9 Å². The summed E-state index contributed by atoms with van der Waals surface area (Å²) in [6.45, 7) is 6.57. The molecular formula is C7H16N2O. The maximum atomic E-state index is 7.00. The molecule has 0 aromatic rings. The average Bonchev–Trinajstić information content (AvgIpc) is 1.82. The Labute approximate surface area is 62.1 Å². The molecule has 10 heavy (non-hydrogen) atoms. The monoisotopic (exact) mass is 144 g/mol. The fourth-order valence-electron chi connectivity index (χ4n) is 0.427. The molecule has 0 fully saturated rings. The van der Waals surface area contributed by atoms with Crippen molar-refractivity contribution in [1.82, 2.24) is 0 Å². The molecule has 0 aliphatic heterocycles. The first-order valence-corrected chi connectivity index (χ1v) is 3.49. The van der Waals surface area contributed by atoms with Crippen LogP contribution < -0.4 is 5.73 Å². The summed E-state index contributed by atoms with van der Waals surface area (Å²) in [6, 6.07) is 0. The highest BCUT2D eigenvalue weighted by atomic mass is 16.5. The van der Waals surface area contributed by atoms with Crippen molar-refractivity contribution < 1.29 is 4.74 Å². The van der Waals surface area contributed by atoms with E-state index in [4.69, 9.17) is 15.9 Å². The molecule has 0 radical (unpaired) electrons. The third kappa shape index (κ3) is 4.32. The normalized spacial score (nSPS) is 13.6. The highest BCUT2D eigenvalue weighted by Crippen LogP contribution is 1.96. The van der Waals surface area contributed by atoms with Gasteiger partial charge in [0.05, 0.1) is 0 Å². The van der Waals surface area contributed by atoms with Gasteiger partial charge in [-0.25, -0.2) is 0 Å². The Hall–Kier alpha value is -0.570. The largest absolute Gasteiger partial charge is 0.385 e. The van der Waals surface area contributed by atoms with Crippen molar-refractivity contribution in [2.24, 2.45) is 11.7 Å². The van der Waals surface area contributed by atoms with Crippen molar-refractivity contribution in [2.75, 3.05) is 6.61 Å². The van der Waals surface area contributed by atoms with Gasteiger partial charge in [-0.1, -0.05) is 13.8 Å². The van der Waals surface area contributed by atoms with Crippen molar-refractivity contribution in [3.8, 4) is 0 Å². The van der Waals surface area contributed by atoms with Crippen LogP contribution in [0.5, 0.6) is 0 Å². The fraction of sp³-hybridized carbons (Fsp3) is 0.857. The molecule has 60 valence electrons. The fourth-order valence-corrected chi connectivity index (χ4v) is 0.427. The molecule has 0 bridgehead atoms. The van der Waals surface area contributed by atoms with Gasteiger partial charge in [-0.3, -0.25) is 5.41 Å². The number of nitrogens with two attached hydrogens (primary N) is 1. The summed E-state index contributed by atoms with van der Waals surface area (Å²) in [5.41, 5.74) is 5.18. The first-order chi connectivity index (χ1) is 4.54. The third-order valence-corrected chi connectivity index (χ3v) is 1.12. The Bertz CT molecular complexity index is 112. The second-order valence-corrected chi connectivity index (χ2v) is 2.82. The molecule has 0 rings (SSSR count). The van der Waals surface area contributed by atoms with Gasteiger partial charge >= 0.3 is 0 Å². The van der Waals surface area contributed by atoms with Crippen molar-refractivity contribution in [2.45, 2.75) is 26.9 Å². The molecule has 0 aromatic carbocycles. The molecule has 1 unspecified atom stereocenters. The standard InChI is InChI=1S/C7H16N2O/c1-5(2)4-10-6(3)7(8)9/h5-6H,4H2,1-3H3,(H3,8,9). The number of hydrogen-bond donors (Lipinski definition) is 2. The van der Waals surface area contributed by atoms with E-state index < -0.39 is 0 Å². The molecule has 0 amide bonds. The summed E-state index contributed by atoms with van der Waals surface area (Å²) < 4.78 is 5.22. The average molecular weight is 144 g/mol. The molecule has 0 aliphatic carbocycles. The second kappa shape index (κ2) is 4.28. The van der Waals surface area contributed by atoms with Crippen LogP contribution >= 0.6 is 0 Å². The van der Waals surface area contributed by atoms with Crippen LogP contribution in [0.15, 0.2) is 0 Å². The van der Waals surface area contributed by atoms with E-state index >= 15 is 0 Å². The predicted octanol–water partition coefficient (Wildman–Crippen LogP) is 0.983. The zero-order valence-electron chi connectivity index (χ0n) is 6.85. The lowest BCUT2D eigenvalue weighted by Crippen LogP contribution is -2.28. The number of rotatable bonds is 4. The zero-order valence-corrected chi connectivity index (χ0v) is 6.85. The van der Waals surface area contributed by atoms with Gasteiger partial charge in [-0.2, -0.15) is 0 Å². The minimum Gasteiger partial charge on any atom is -0.385 e. The Balaban J connectivity index is 3.40. The van der Waals surface area contributed by atoms with E-state index in [2.05, 4.69) is 13.8 Å². The summed E-state index contributed by atoms with van der Waals surface area (Å²) in [5.74, 6) is 0.599. The smallest absolute Gasteiger partial charge is 0.120 e. The van der Waals surface area contributed by atoms with Crippen LogP contribution in [0.2, 0.25) is 0 Å². The highest BCUT2D eigenvalue weighted by molar-refractivity contribution is 5.81. The van der Waals surface area contributed by atoms with Crippen LogP contribution in [0.3, 0.4) is 0 Å². The molecule has 0 spiro atoms. The van der Waals surface area contributed by atoms with E-state index in [0.29, 0.717) is 12.5 Å². The van der Waals surface area contributed by atoms with Gasteiger partial charge in [0.1, 0.15) is 11.9 Å². The van der Waals surface area contributed by atoms with E-state index in [1.165, 1.54) is 0 Å². The summed E-state index contributed by atoms with van der Waals surface area (Å²) >= 11 is 0. The van der Waals surface area contributed by atoms with Crippen LogP contribution in [0.1, 0.15) is 20.8 Å². The first kappa shape index (κ1) is 9.43. The summed E-state index contributed by atoms with van der Waals surface area (Å²) in [4.78, 5) is 0. The van der Waals surface area contributed by atoms with Crippen LogP contribution in [0, 0.1) is 11.3 Å². The minimum absolute atomic E-state index is 0.0978. The maximum Gasteiger partial charge on any atom is 0.120 e. The maximum absolute atomic E-state index is 7.00. The quantitative estimate of drug-likeness (QED) is 0.456. The van der Waals surface area contributed by atoms with Crippen molar-refractivity contribution in [3.05, 3.63) is 0 Å². The Morgan fingerprint density at radius 2 is 2.00 bits per heavy atom. The first-order valence-electron chi connectivity index (χ1n) is 3.49. The molecule has 3 N–H and O–H groups in total. The molecule has 0 saturated carbocycles. The Kier molecular flexibility index (Phi) is 4.03. The van der Waals surface area contributed by atoms with Gasteiger partial charge in [-0.15, -0.1) is 0 Å². The minimum atomic E-state index is -0.234. The van der Waals surface area contributed by atoms with E-state index in [0.717, 1.165) is 0 Å². The number of nitrogens with one attached hydrogen (secondary N) is 1. The van der Waals surface area contributed by atoms with Gasteiger partial charge in [-0.05, 0) is 12.8 Å². The summed E-state index contributed by atoms with van der Waals surface area (Å²) in [6.07, 6.45) is -0.234. The van der Waals surface area contributed by atoms with E-state index in [9.17, 15) is 0 Å². The second-order valence-electron chi connectivity index (χ2n) is 2.82. The van der Waals surface area contributed by atoms with Crippen molar-refractivity contribution in [1.29, 1.82) is 5.41 Å². The van der Waals surface area contributed by atoms with Crippen LogP contribution in [-0.4, -0.2) is 18.5 Å². The Morgan fingerprint density at radius 1 is 1.50 bits per heavy atom. The van der Waals surface area contributed by atoms with Gasteiger partial charge in [0.25, 0.3) is 0 Å². The number of amidine groups is 1. The van der Waals surface area contributed by atoms with Crippen LogP contribution in [0.25, 0.3) is 0 Å². The zero-order chi connectivity index (χ0) is 8.15. The molecule has 0 aliphatic rings. The van der Waals surface area contributed by atoms with E-state index in [1.54, 1.807) is 6.92 Å². The Morgan fingerprint density at radius 3 is 2.30 bits per heavy atom. The lowest BCUT2D eigenvalue weighted by molar-refractivity contribution is 0.0861. The molecule has 0 saturated heterocycles. The van der Waals surface area contributed by atoms with Crippen molar-refractivity contribution >= 4 is 5.84 Å². The number of ether oxygens (including phenoxy) is 1. The molecular weight excluding hydrogens is 128 g/mol. The topological polar surface area (TPSA) is 59.1 Å². The highest BCUT2D eigenvalue weighted by Gasteiger charge is 2.04. The van der Waals surface area contributed by atoms with Gasteiger partial charge in [0, 0.05) is 6.61 Å². The SMILES string of the molecule is CC(C)COC(C)C(=N)N. The van der Waals surface area contributed by atoms with Gasteiger partial charge < -0.3 is 10.5 Å². The van der Waals surface area contributed by atoms with Gasteiger partial charge in [0.2, 0.25) is 0 Å². The van der Waals surface area contributed by atoms with Crippen LogP contribution in [0.4, 0.5) is 0 Å². The summed E-state index contributed by atoms with van der Waals surface area (Å²) in [7, 11) is 0. The third-order valence-electron chi connectivity index (χ3n) is 1.12. The van der Waals surface area contributed by atoms with Crippen LogP contribution in [-0.2, 0) is 4.74 Å². The summed E-state index contributed by atoms with van der Waals surface area (Å²) in [5, 5.41) is 7.00. The predicted molar refractivity (Wildman–Crippen MR) is 42.2 cm³/mol.